The molecule has 0 amide bonds. The summed E-state index contributed by atoms with van der Waals surface area (Å²) in [5.41, 5.74) is 3.91. The van der Waals surface area contributed by atoms with Crippen molar-refractivity contribution in [3.63, 3.8) is 0 Å². The van der Waals surface area contributed by atoms with E-state index in [0.29, 0.717) is 15.0 Å². The number of thiophene rings is 1. The zero-order chi connectivity index (χ0) is 20.7. The summed E-state index contributed by atoms with van der Waals surface area (Å²) in [5.74, 6) is -0.101. The number of aromatic nitrogens is 4. The largest absolute Gasteiger partial charge is 0.298 e. The molecule has 3 aromatic heterocycles. The molecule has 0 aliphatic carbocycles. The number of ketones is 1. The van der Waals surface area contributed by atoms with Gasteiger partial charge in [-0.05, 0) is 12.5 Å². The molecule has 0 atom stereocenters. The van der Waals surface area contributed by atoms with Gasteiger partial charge < -0.3 is 0 Å². The molecule has 3 heterocycles. The lowest BCUT2D eigenvalue weighted by Gasteiger charge is -2.10. The highest BCUT2D eigenvalue weighted by atomic mass is 32.1. The van der Waals surface area contributed by atoms with E-state index < -0.39 is 0 Å². The smallest absolute Gasteiger partial charge is 0.271 e. The van der Waals surface area contributed by atoms with Crippen LogP contribution in [0.3, 0.4) is 0 Å². The SMILES string of the molecule is CC(=O)Cn1cnc2c(sc3nnc(-c4ccccc4)c(-c4ccccc4)c32)c1=O. The second kappa shape index (κ2) is 7.27. The van der Waals surface area contributed by atoms with Crippen molar-refractivity contribution in [2.75, 3.05) is 0 Å². The maximum absolute atomic E-state index is 13.0. The summed E-state index contributed by atoms with van der Waals surface area (Å²) in [6, 6.07) is 19.8. The Hall–Kier alpha value is -3.71. The predicted molar refractivity (Wildman–Crippen MR) is 119 cm³/mol. The van der Waals surface area contributed by atoms with Crippen molar-refractivity contribution in [1.82, 2.24) is 19.7 Å². The summed E-state index contributed by atoms with van der Waals surface area (Å²) in [4.78, 5) is 29.7. The molecular weight excluding hydrogens is 396 g/mol. The molecule has 5 rings (SSSR count). The van der Waals surface area contributed by atoms with Gasteiger partial charge >= 0.3 is 0 Å². The Bertz CT molecular complexity index is 1460. The number of hydrogen-bond donors (Lipinski definition) is 0. The van der Waals surface area contributed by atoms with E-state index in [2.05, 4.69) is 15.2 Å². The Morgan fingerprint density at radius 3 is 2.30 bits per heavy atom. The van der Waals surface area contributed by atoms with E-state index in [1.807, 2.05) is 60.7 Å². The van der Waals surface area contributed by atoms with Crippen LogP contribution < -0.4 is 5.56 Å². The molecule has 30 heavy (non-hydrogen) atoms. The highest BCUT2D eigenvalue weighted by Crippen LogP contribution is 2.40. The molecule has 0 unspecified atom stereocenters. The third kappa shape index (κ3) is 3.00. The highest BCUT2D eigenvalue weighted by molar-refractivity contribution is 7.25. The first-order valence-electron chi connectivity index (χ1n) is 9.42. The standard InChI is InChI=1S/C23H16N4O2S/c1-14(28)12-27-13-24-20-18-17(15-8-4-2-5-9-15)19(16-10-6-3-7-11-16)25-26-22(18)30-21(20)23(27)29/h2-11,13H,12H2,1H3. The fourth-order valence-corrected chi connectivity index (χ4v) is 4.62. The zero-order valence-electron chi connectivity index (χ0n) is 16.1. The Balaban J connectivity index is 1.90. The first-order chi connectivity index (χ1) is 14.6. The fraction of sp³-hybridized carbons (Fsp3) is 0.0870. The minimum absolute atomic E-state index is 0.00249. The maximum Gasteiger partial charge on any atom is 0.271 e. The molecule has 0 aliphatic rings. The molecule has 7 heteroatoms. The lowest BCUT2D eigenvalue weighted by Crippen LogP contribution is -2.22. The van der Waals surface area contributed by atoms with Gasteiger partial charge in [-0.1, -0.05) is 60.7 Å². The average molecular weight is 412 g/mol. The van der Waals surface area contributed by atoms with E-state index in [9.17, 15) is 9.59 Å². The first-order valence-corrected chi connectivity index (χ1v) is 10.2. The van der Waals surface area contributed by atoms with Gasteiger partial charge in [0.15, 0.2) is 0 Å². The molecular formula is C23H16N4O2S. The van der Waals surface area contributed by atoms with Crippen molar-refractivity contribution >= 4 is 37.6 Å². The van der Waals surface area contributed by atoms with Crippen LogP contribution in [-0.4, -0.2) is 25.5 Å². The molecule has 0 bridgehead atoms. The topological polar surface area (TPSA) is 77.7 Å². The van der Waals surface area contributed by atoms with E-state index in [4.69, 9.17) is 0 Å². The second-order valence-corrected chi connectivity index (χ2v) is 7.99. The fourth-order valence-electron chi connectivity index (χ4n) is 3.59. The number of hydrogen-bond acceptors (Lipinski definition) is 6. The lowest BCUT2D eigenvalue weighted by molar-refractivity contribution is -0.117. The molecule has 6 nitrogen and oxygen atoms in total. The number of benzene rings is 2. The molecule has 2 aromatic carbocycles. The van der Waals surface area contributed by atoms with E-state index in [-0.39, 0.29) is 17.9 Å². The Kier molecular flexibility index (Phi) is 4.44. The summed E-state index contributed by atoms with van der Waals surface area (Å²) >= 11 is 1.26. The van der Waals surface area contributed by atoms with Crippen LogP contribution in [0.15, 0.2) is 71.8 Å². The average Bonchev–Trinajstić information content (AvgIpc) is 3.15. The summed E-state index contributed by atoms with van der Waals surface area (Å²) in [5, 5.41) is 9.75. The first kappa shape index (κ1) is 18.3. The Morgan fingerprint density at radius 1 is 0.967 bits per heavy atom. The van der Waals surface area contributed by atoms with Crippen molar-refractivity contribution in [3.05, 3.63) is 77.3 Å². The number of nitrogens with zero attached hydrogens (tertiary/aromatic N) is 4. The van der Waals surface area contributed by atoms with E-state index in [1.54, 1.807) is 0 Å². The van der Waals surface area contributed by atoms with E-state index >= 15 is 0 Å². The predicted octanol–water partition coefficient (Wildman–Crippen LogP) is 4.32. The third-order valence-electron chi connectivity index (χ3n) is 4.88. The number of carbonyl (C=O) groups excluding carboxylic acids is 1. The molecule has 0 N–H and O–H groups in total. The minimum Gasteiger partial charge on any atom is -0.298 e. The van der Waals surface area contributed by atoms with Crippen molar-refractivity contribution in [1.29, 1.82) is 0 Å². The van der Waals surface area contributed by atoms with Gasteiger partial charge in [0, 0.05) is 16.5 Å². The second-order valence-electron chi connectivity index (χ2n) is 7.00. The quantitative estimate of drug-likeness (QED) is 0.439. The number of rotatable bonds is 4. The van der Waals surface area contributed by atoms with Gasteiger partial charge in [-0.3, -0.25) is 14.2 Å². The molecule has 0 fully saturated rings. The number of Topliss-reactive ketones (excluding diaryl/α,β-unsaturated/α-hetero) is 1. The molecule has 5 aromatic rings. The number of carbonyl (C=O) groups is 1. The van der Waals surface area contributed by atoms with E-state index in [0.717, 1.165) is 27.8 Å². The minimum atomic E-state index is -0.238. The molecule has 0 radical (unpaired) electrons. The van der Waals surface area contributed by atoms with Crippen molar-refractivity contribution < 1.29 is 4.79 Å². The van der Waals surface area contributed by atoms with Crippen molar-refractivity contribution in [2.24, 2.45) is 0 Å². The van der Waals surface area contributed by atoms with E-state index in [1.165, 1.54) is 29.2 Å². The van der Waals surface area contributed by atoms with Crippen LogP contribution >= 0.6 is 11.3 Å². The van der Waals surface area contributed by atoms with Crippen LogP contribution in [0.4, 0.5) is 0 Å². The van der Waals surface area contributed by atoms with Crippen molar-refractivity contribution in [3.8, 4) is 22.4 Å². The Morgan fingerprint density at radius 2 is 1.63 bits per heavy atom. The monoisotopic (exact) mass is 412 g/mol. The summed E-state index contributed by atoms with van der Waals surface area (Å²) < 4.78 is 1.82. The van der Waals surface area contributed by atoms with Crippen LogP contribution in [0.1, 0.15) is 6.92 Å². The summed E-state index contributed by atoms with van der Waals surface area (Å²) in [7, 11) is 0. The van der Waals surface area contributed by atoms with Crippen LogP contribution in [-0.2, 0) is 11.3 Å². The van der Waals surface area contributed by atoms with Gasteiger partial charge in [-0.15, -0.1) is 21.5 Å². The van der Waals surface area contributed by atoms with Crippen LogP contribution in [0.25, 0.3) is 42.8 Å². The van der Waals surface area contributed by atoms with Gasteiger partial charge in [-0.25, -0.2) is 4.98 Å². The molecule has 0 saturated heterocycles. The van der Waals surface area contributed by atoms with Gasteiger partial charge in [0.05, 0.1) is 18.4 Å². The summed E-state index contributed by atoms with van der Waals surface area (Å²) in [6.45, 7) is 1.45. The maximum atomic E-state index is 13.0. The van der Waals surface area contributed by atoms with Gasteiger partial charge in [-0.2, -0.15) is 0 Å². The Labute approximate surface area is 175 Å². The highest BCUT2D eigenvalue weighted by Gasteiger charge is 2.21. The zero-order valence-corrected chi connectivity index (χ0v) is 16.9. The third-order valence-corrected chi connectivity index (χ3v) is 5.93. The molecule has 0 spiro atoms. The van der Waals surface area contributed by atoms with Crippen molar-refractivity contribution in [2.45, 2.75) is 13.5 Å². The molecule has 146 valence electrons. The molecule has 0 saturated carbocycles. The van der Waals surface area contributed by atoms with Crippen LogP contribution in [0.5, 0.6) is 0 Å². The normalized spacial score (nSPS) is 11.2. The number of fused-ring (bicyclic) bond motifs is 3. The summed E-state index contributed by atoms with van der Waals surface area (Å²) in [6.07, 6.45) is 1.44. The van der Waals surface area contributed by atoms with Gasteiger partial charge in [0.2, 0.25) is 0 Å². The molecule has 0 aliphatic heterocycles. The van der Waals surface area contributed by atoms with Gasteiger partial charge in [0.1, 0.15) is 21.0 Å². The van der Waals surface area contributed by atoms with Gasteiger partial charge in [0.25, 0.3) is 5.56 Å². The van der Waals surface area contributed by atoms with Crippen LogP contribution in [0.2, 0.25) is 0 Å². The van der Waals surface area contributed by atoms with Crippen LogP contribution in [0, 0.1) is 0 Å². The lowest BCUT2D eigenvalue weighted by atomic mass is 9.97.